The average molecular weight is 331 g/mol. The van der Waals surface area contributed by atoms with Gasteiger partial charge in [-0.05, 0) is 31.2 Å². The van der Waals surface area contributed by atoms with Crippen molar-refractivity contribution in [2.45, 2.75) is 13.1 Å². The molecule has 0 atom stereocenters. The van der Waals surface area contributed by atoms with E-state index in [0.29, 0.717) is 10.8 Å². The minimum atomic E-state index is -4.37. The summed E-state index contributed by atoms with van der Waals surface area (Å²) in [6.45, 7) is 2.08. The van der Waals surface area contributed by atoms with Crippen LogP contribution in [0.15, 0.2) is 24.3 Å². The van der Waals surface area contributed by atoms with Gasteiger partial charge in [-0.2, -0.15) is 13.2 Å². The summed E-state index contributed by atoms with van der Waals surface area (Å²) in [7, 11) is 0. The lowest BCUT2D eigenvalue weighted by molar-refractivity contribution is -0.137. The standard InChI is InChI=1S/C13H12F3N3O2S/c1-8-18-19-12(22-8)11(20)17-6-7-21-10-4-2-9(3-5-10)13(14,15)16/h2-5H,6-7H2,1H3,(H,17,20). The Labute approximate surface area is 128 Å². The molecule has 0 bridgehead atoms. The molecule has 0 aliphatic carbocycles. The second kappa shape index (κ2) is 6.73. The van der Waals surface area contributed by atoms with Crippen LogP contribution in [0.1, 0.15) is 20.4 Å². The lowest BCUT2D eigenvalue weighted by atomic mass is 10.2. The predicted octanol–water partition coefficient (Wildman–Crippen LogP) is 2.67. The Morgan fingerprint density at radius 3 is 2.50 bits per heavy atom. The largest absolute Gasteiger partial charge is 0.492 e. The van der Waals surface area contributed by atoms with E-state index < -0.39 is 11.7 Å². The number of hydrogen-bond acceptors (Lipinski definition) is 5. The third-order valence-electron chi connectivity index (χ3n) is 2.56. The second-order valence-electron chi connectivity index (χ2n) is 4.25. The zero-order chi connectivity index (χ0) is 16.2. The number of hydrogen-bond donors (Lipinski definition) is 1. The summed E-state index contributed by atoms with van der Waals surface area (Å²) in [6.07, 6.45) is -4.37. The van der Waals surface area contributed by atoms with Crippen molar-refractivity contribution in [2.24, 2.45) is 0 Å². The smallest absolute Gasteiger partial charge is 0.416 e. The maximum absolute atomic E-state index is 12.4. The molecule has 0 aliphatic heterocycles. The van der Waals surface area contributed by atoms with Gasteiger partial charge >= 0.3 is 6.18 Å². The number of carbonyl (C=O) groups excluding carboxylic acids is 1. The first-order chi connectivity index (χ1) is 10.4. The van der Waals surface area contributed by atoms with Gasteiger partial charge in [0.1, 0.15) is 17.4 Å². The molecular weight excluding hydrogens is 319 g/mol. The van der Waals surface area contributed by atoms with E-state index >= 15 is 0 Å². The van der Waals surface area contributed by atoms with Crippen molar-refractivity contribution in [1.29, 1.82) is 0 Å². The summed E-state index contributed by atoms with van der Waals surface area (Å²) in [5.74, 6) is -0.0596. The molecule has 0 aliphatic rings. The van der Waals surface area contributed by atoms with E-state index in [1.54, 1.807) is 6.92 Å². The van der Waals surface area contributed by atoms with Gasteiger partial charge in [0.15, 0.2) is 0 Å². The van der Waals surface area contributed by atoms with Gasteiger partial charge in [-0.1, -0.05) is 11.3 Å². The fraction of sp³-hybridized carbons (Fsp3) is 0.308. The Balaban J connectivity index is 1.76. The fourth-order valence-electron chi connectivity index (χ4n) is 1.54. The molecule has 1 aromatic heterocycles. The number of benzene rings is 1. The van der Waals surface area contributed by atoms with Crippen molar-refractivity contribution in [1.82, 2.24) is 15.5 Å². The van der Waals surface area contributed by atoms with E-state index in [1.807, 2.05) is 0 Å². The predicted molar refractivity (Wildman–Crippen MR) is 73.9 cm³/mol. The summed E-state index contributed by atoms with van der Waals surface area (Å²) in [5, 5.41) is 10.9. The van der Waals surface area contributed by atoms with Crippen molar-refractivity contribution in [3.63, 3.8) is 0 Å². The lowest BCUT2D eigenvalue weighted by Crippen LogP contribution is -2.28. The monoisotopic (exact) mass is 331 g/mol. The van der Waals surface area contributed by atoms with Gasteiger partial charge in [-0.3, -0.25) is 4.79 Å². The Bertz CT molecular complexity index is 641. The van der Waals surface area contributed by atoms with Gasteiger partial charge in [-0.15, -0.1) is 10.2 Å². The number of rotatable bonds is 5. The van der Waals surface area contributed by atoms with Crippen molar-refractivity contribution in [3.8, 4) is 5.75 Å². The molecule has 1 heterocycles. The van der Waals surface area contributed by atoms with Crippen molar-refractivity contribution in [3.05, 3.63) is 39.8 Å². The molecule has 1 N–H and O–H groups in total. The second-order valence-corrected chi connectivity index (χ2v) is 5.43. The van der Waals surface area contributed by atoms with Crippen molar-refractivity contribution >= 4 is 17.2 Å². The maximum atomic E-state index is 12.4. The summed E-state index contributed by atoms with van der Waals surface area (Å²) in [4.78, 5) is 11.6. The molecule has 118 valence electrons. The molecular formula is C13H12F3N3O2S. The highest BCUT2D eigenvalue weighted by Crippen LogP contribution is 2.30. The molecule has 2 aromatic rings. The summed E-state index contributed by atoms with van der Waals surface area (Å²) < 4.78 is 42.4. The summed E-state index contributed by atoms with van der Waals surface area (Å²) >= 11 is 1.17. The molecule has 0 spiro atoms. The fourth-order valence-corrected chi connectivity index (χ4v) is 2.15. The minimum Gasteiger partial charge on any atom is -0.492 e. The number of nitrogens with zero attached hydrogens (tertiary/aromatic N) is 2. The minimum absolute atomic E-state index is 0.134. The van der Waals surface area contributed by atoms with Crippen molar-refractivity contribution in [2.75, 3.05) is 13.2 Å². The third kappa shape index (κ3) is 4.42. The van der Waals surface area contributed by atoms with Crippen LogP contribution in [-0.4, -0.2) is 29.3 Å². The molecule has 2 rings (SSSR count). The van der Waals surface area contributed by atoms with Gasteiger partial charge < -0.3 is 10.1 Å². The highest BCUT2D eigenvalue weighted by molar-refractivity contribution is 7.13. The number of nitrogens with one attached hydrogen (secondary N) is 1. The van der Waals surface area contributed by atoms with Crippen LogP contribution >= 0.6 is 11.3 Å². The number of amides is 1. The molecule has 0 saturated heterocycles. The first-order valence-corrected chi connectivity index (χ1v) is 7.06. The van der Waals surface area contributed by atoms with Gasteiger partial charge in [-0.25, -0.2) is 0 Å². The summed E-state index contributed by atoms with van der Waals surface area (Å²) in [5.41, 5.74) is -0.736. The Kier molecular flexibility index (Phi) is 4.96. The topological polar surface area (TPSA) is 64.1 Å². The quantitative estimate of drug-likeness (QED) is 0.856. The highest BCUT2D eigenvalue weighted by atomic mass is 32.1. The van der Waals surface area contributed by atoms with E-state index in [-0.39, 0.29) is 24.1 Å². The molecule has 1 aromatic carbocycles. The molecule has 5 nitrogen and oxygen atoms in total. The van der Waals surface area contributed by atoms with Gasteiger partial charge in [0.2, 0.25) is 5.01 Å². The highest BCUT2D eigenvalue weighted by Gasteiger charge is 2.29. The van der Waals surface area contributed by atoms with Crippen LogP contribution in [-0.2, 0) is 6.18 Å². The first kappa shape index (κ1) is 16.2. The van der Waals surface area contributed by atoms with E-state index in [4.69, 9.17) is 4.74 Å². The van der Waals surface area contributed by atoms with Gasteiger partial charge in [0.05, 0.1) is 12.1 Å². The van der Waals surface area contributed by atoms with Crippen molar-refractivity contribution < 1.29 is 22.7 Å². The number of ether oxygens (including phenoxy) is 1. The van der Waals surface area contributed by atoms with Crippen LogP contribution < -0.4 is 10.1 Å². The molecule has 22 heavy (non-hydrogen) atoms. The molecule has 0 saturated carbocycles. The lowest BCUT2D eigenvalue weighted by Gasteiger charge is -2.09. The van der Waals surface area contributed by atoms with E-state index in [9.17, 15) is 18.0 Å². The Morgan fingerprint density at radius 1 is 1.27 bits per heavy atom. The number of carbonyl (C=O) groups is 1. The third-order valence-corrected chi connectivity index (χ3v) is 3.40. The zero-order valence-electron chi connectivity index (χ0n) is 11.5. The van der Waals surface area contributed by atoms with E-state index in [0.717, 1.165) is 12.1 Å². The molecule has 0 fully saturated rings. The first-order valence-electron chi connectivity index (χ1n) is 6.24. The van der Waals surface area contributed by atoms with Gasteiger partial charge in [0, 0.05) is 0 Å². The normalized spacial score (nSPS) is 11.3. The average Bonchev–Trinajstić information content (AvgIpc) is 2.89. The number of aromatic nitrogens is 2. The van der Waals surface area contributed by atoms with Crippen LogP contribution in [0.4, 0.5) is 13.2 Å². The maximum Gasteiger partial charge on any atom is 0.416 e. The van der Waals surface area contributed by atoms with Crippen LogP contribution in [0.25, 0.3) is 0 Å². The van der Waals surface area contributed by atoms with E-state index in [2.05, 4.69) is 15.5 Å². The van der Waals surface area contributed by atoms with Gasteiger partial charge in [0.25, 0.3) is 5.91 Å². The number of aryl methyl sites for hydroxylation is 1. The number of alkyl halides is 3. The summed E-state index contributed by atoms with van der Waals surface area (Å²) in [6, 6.07) is 4.35. The molecule has 0 unspecified atom stereocenters. The molecule has 1 amide bonds. The van der Waals surface area contributed by atoms with Crippen LogP contribution in [0.2, 0.25) is 0 Å². The molecule has 9 heteroatoms. The Morgan fingerprint density at radius 2 is 1.95 bits per heavy atom. The molecule has 0 radical (unpaired) electrons. The van der Waals surface area contributed by atoms with Crippen LogP contribution in [0, 0.1) is 6.92 Å². The number of halogens is 3. The van der Waals surface area contributed by atoms with E-state index in [1.165, 1.54) is 23.5 Å². The Hall–Kier alpha value is -2.16. The SMILES string of the molecule is Cc1nnc(C(=O)NCCOc2ccc(C(F)(F)F)cc2)s1. The van der Waals surface area contributed by atoms with Crippen LogP contribution in [0.5, 0.6) is 5.75 Å². The van der Waals surface area contributed by atoms with Crippen LogP contribution in [0.3, 0.4) is 0 Å². The zero-order valence-corrected chi connectivity index (χ0v) is 12.3.